The smallest absolute Gasteiger partial charge is 0.105 e. The Hall–Kier alpha value is -1.58. The summed E-state index contributed by atoms with van der Waals surface area (Å²) in [6.45, 7) is 3.10. The van der Waals surface area contributed by atoms with Crippen molar-refractivity contribution in [2.45, 2.75) is 19.4 Å². The van der Waals surface area contributed by atoms with Crippen LogP contribution < -0.4 is 5.32 Å². The van der Waals surface area contributed by atoms with Crippen molar-refractivity contribution in [3.8, 4) is 0 Å². The van der Waals surface area contributed by atoms with Crippen LogP contribution in [0.15, 0.2) is 53.1 Å². The van der Waals surface area contributed by atoms with Gasteiger partial charge < -0.3 is 9.73 Å². The number of nitrogens with one attached hydrogen (secondary N) is 1. The summed E-state index contributed by atoms with van der Waals surface area (Å²) in [5, 5.41) is 4.87. The molecular weight excluding hydrogens is 254 g/mol. The van der Waals surface area contributed by atoms with E-state index in [4.69, 9.17) is 4.42 Å². The Labute approximate surface area is 117 Å². The van der Waals surface area contributed by atoms with Crippen LogP contribution in [0.5, 0.6) is 0 Å². The minimum atomic E-state index is 0.327. The lowest BCUT2D eigenvalue weighted by Crippen LogP contribution is -2.21. The van der Waals surface area contributed by atoms with Gasteiger partial charge in [-0.3, -0.25) is 0 Å². The van der Waals surface area contributed by atoms with Crippen LogP contribution in [0.4, 0.5) is 0 Å². The summed E-state index contributed by atoms with van der Waals surface area (Å²) in [6.07, 6.45) is 2.64. The zero-order valence-corrected chi connectivity index (χ0v) is 11.7. The maximum absolute atomic E-state index is 5.47. The summed E-state index contributed by atoms with van der Waals surface area (Å²) in [7, 11) is 0. The number of benzene rings is 1. The van der Waals surface area contributed by atoms with Gasteiger partial charge in [0.2, 0.25) is 0 Å². The molecule has 2 aromatic heterocycles. The number of likely N-dealkylation sites (N-methyl/N-ethyl adjacent to an activating group) is 1. The molecule has 19 heavy (non-hydrogen) atoms. The third kappa shape index (κ3) is 2.72. The van der Waals surface area contributed by atoms with Crippen molar-refractivity contribution < 1.29 is 4.42 Å². The minimum Gasteiger partial charge on any atom is -0.469 e. The van der Waals surface area contributed by atoms with Crippen molar-refractivity contribution in [1.29, 1.82) is 0 Å². The lowest BCUT2D eigenvalue weighted by atomic mass is 10.1. The number of hydrogen-bond acceptors (Lipinski definition) is 3. The van der Waals surface area contributed by atoms with Crippen molar-refractivity contribution in [2.75, 3.05) is 6.54 Å². The van der Waals surface area contributed by atoms with Gasteiger partial charge in [0.25, 0.3) is 0 Å². The fourth-order valence-electron chi connectivity index (χ4n) is 2.32. The first-order valence-electron chi connectivity index (χ1n) is 6.61. The first-order valence-corrected chi connectivity index (χ1v) is 7.42. The maximum Gasteiger partial charge on any atom is 0.105 e. The number of fused-ring (bicyclic) bond motifs is 1. The molecule has 3 aromatic rings. The predicted molar refractivity (Wildman–Crippen MR) is 80.7 cm³/mol. The average molecular weight is 271 g/mol. The molecule has 0 fully saturated rings. The highest BCUT2D eigenvalue weighted by molar-refractivity contribution is 7.19. The van der Waals surface area contributed by atoms with E-state index >= 15 is 0 Å². The Bertz CT molecular complexity index is 609. The van der Waals surface area contributed by atoms with E-state index in [0.29, 0.717) is 6.04 Å². The Kier molecular flexibility index (Phi) is 3.67. The van der Waals surface area contributed by atoms with E-state index in [1.165, 1.54) is 15.0 Å². The normalized spacial score (nSPS) is 12.9. The quantitative estimate of drug-likeness (QED) is 0.744. The lowest BCUT2D eigenvalue weighted by Gasteiger charge is -2.14. The van der Waals surface area contributed by atoms with Crippen LogP contribution in [-0.2, 0) is 6.42 Å². The molecule has 1 unspecified atom stereocenters. The van der Waals surface area contributed by atoms with Crippen molar-refractivity contribution in [3.05, 3.63) is 59.4 Å². The van der Waals surface area contributed by atoms with Crippen LogP contribution in [0.25, 0.3) is 10.1 Å². The van der Waals surface area contributed by atoms with E-state index in [2.05, 4.69) is 42.6 Å². The zero-order valence-electron chi connectivity index (χ0n) is 10.9. The lowest BCUT2D eigenvalue weighted by molar-refractivity contribution is 0.458. The Morgan fingerprint density at radius 1 is 1.21 bits per heavy atom. The van der Waals surface area contributed by atoms with Crippen LogP contribution in [0.2, 0.25) is 0 Å². The third-order valence-electron chi connectivity index (χ3n) is 3.22. The number of hydrogen-bond donors (Lipinski definition) is 1. The van der Waals surface area contributed by atoms with Gasteiger partial charge >= 0.3 is 0 Å². The molecule has 0 aliphatic rings. The molecule has 2 heterocycles. The molecule has 0 radical (unpaired) electrons. The highest BCUT2D eigenvalue weighted by atomic mass is 32.1. The minimum absolute atomic E-state index is 0.327. The monoisotopic (exact) mass is 271 g/mol. The first kappa shape index (κ1) is 12.5. The summed E-state index contributed by atoms with van der Waals surface area (Å²) in [5.41, 5.74) is 0. The van der Waals surface area contributed by atoms with Gasteiger partial charge in [-0.1, -0.05) is 25.1 Å². The van der Waals surface area contributed by atoms with Crippen LogP contribution in [-0.4, -0.2) is 6.54 Å². The van der Waals surface area contributed by atoms with Gasteiger partial charge in [0.15, 0.2) is 0 Å². The molecule has 1 atom stereocenters. The maximum atomic E-state index is 5.47. The highest BCUT2D eigenvalue weighted by Gasteiger charge is 2.15. The molecule has 3 rings (SSSR count). The van der Waals surface area contributed by atoms with Crippen molar-refractivity contribution >= 4 is 21.4 Å². The Morgan fingerprint density at radius 3 is 2.84 bits per heavy atom. The molecule has 0 aliphatic heterocycles. The van der Waals surface area contributed by atoms with Crippen molar-refractivity contribution in [3.63, 3.8) is 0 Å². The first-order chi connectivity index (χ1) is 9.36. The molecule has 98 valence electrons. The van der Waals surface area contributed by atoms with Crippen LogP contribution in [0.1, 0.15) is 23.6 Å². The predicted octanol–water partition coefficient (Wildman–Crippen LogP) is 4.39. The van der Waals surface area contributed by atoms with Gasteiger partial charge in [-0.25, -0.2) is 0 Å². The Balaban J connectivity index is 1.90. The fraction of sp³-hybridized carbons (Fsp3) is 0.250. The van der Waals surface area contributed by atoms with Crippen molar-refractivity contribution in [1.82, 2.24) is 5.32 Å². The highest BCUT2D eigenvalue weighted by Crippen LogP contribution is 2.31. The molecule has 0 aliphatic carbocycles. The molecule has 2 nitrogen and oxygen atoms in total. The molecule has 1 aromatic carbocycles. The zero-order chi connectivity index (χ0) is 13.1. The number of thiophene rings is 1. The van der Waals surface area contributed by atoms with E-state index in [9.17, 15) is 0 Å². The fourth-order valence-corrected chi connectivity index (χ4v) is 3.46. The summed E-state index contributed by atoms with van der Waals surface area (Å²) < 4.78 is 6.82. The average Bonchev–Trinajstić information content (AvgIpc) is 3.06. The van der Waals surface area contributed by atoms with E-state index in [-0.39, 0.29) is 0 Å². The van der Waals surface area contributed by atoms with E-state index in [0.717, 1.165) is 18.7 Å². The topological polar surface area (TPSA) is 25.2 Å². The molecular formula is C16H17NOS. The number of furan rings is 1. The summed E-state index contributed by atoms with van der Waals surface area (Å²) in [6, 6.07) is 15.1. The molecule has 0 spiro atoms. The SMILES string of the molecule is CCNC(Cc1ccco1)c1cc2ccccc2s1. The molecule has 0 amide bonds. The van der Waals surface area contributed by atoms with Gasteiger partial charge in [0.05, 0.1) is 6.26 Å². The second-order valence-electron chi connectivity index (χ2n) is 4.58. The van der Waals surface area contributed by atoms with Crippen LogP contribution in [0.3, 0.4) is 0 Å². The van der Waals surface area contributed by atoms with Gasteiger partial charge in [-0.15, -0.1) is 11.3 Å². The standard InChI is InChI=1S/C16H17NOS/c1-2-17-14(11-13-7-5-9-18-13)16-10-12-6-3-4-8-15(12)19-16/h3-10,14,17H,2,11H2,1H3. The second kappa shape index (κ2) is 5.59. The molecule has 0 saturated carbocycles. The van der Waals surface area contributed by atoms with Gasteiger partial charge in [0, 0.05) is 22.0 Å². The largest absolute Gasteiger partial charge is 0.469 e. The van der Waals surface area contributed by atoms with E-state index in [1.54, 1.807) is 6.26 Å². The molecule has 1 N–H and O–H groups in total. The molecule has 0 saturated heterocycles. The Morgan fingerprint density at radius 2 is 2.11 bits per heavy atom. The van der Waals surface area contributed by atoms with Crippen LogP contribution >= 0.6 is 11.3 Å². The summed E-state index contributed by atoms with van der Waals surface area (Å²) in [4.78, 5) is 1.37. The van der Waals surface area contributed by atoms with Gasteiger partial charge in [0.1, 0.15) is 5.76 Å². The molecule has 3 heteroatoms. The second-order valence-corrected chi connectivity index (χ2v) is 5.70. The summed E-state index contributed by atoms with van der Waals surface area (Å²) >= 11 is 1.86. The van der Waals surface area contributed by atoms with E-state index in [1.807, 2.05) is 23.5 Å². The van der Waals surface area contributed by atoms with Crippen molar-refractivity contribution in [2.24, 2.45) is 0 Å². The van der Waals surface area contributed by atoms with E-state index < -0.39 is 0 Å². The number of rotatable bonds is 5. The van der Waals surface area contributed by atoms with Gasteiger partial charge in [-0.2, -0.15) is 0 Å². The third-order valence-corrected chi connectivity index (χ3v) is 4.45. The molecule has 0 bridgehead atoms. The van der Waals surface area contributed by atoms with Gasteiger partial charge in [-0.05, 0) is 36.2 Å². The summed E-state index contributed by atoms with van der Waals surface area (Å²) in [5.74, 6) is 1.03. The van der Waals surface area contributed by atoms with Crippen LogP contribution in [0, 0.1) is 0 Å².